The molecule has 0 amide bonds. The first-order valence-corrected chi connectivity index (χ1v) is 5.47. The molecule has 1 saturated heterocycles. The molecular formula is C11H13BrO2. The van der Waals surface area contributed by atoms with Crippen molar-refractivity contribution in [3.63, 3.8) is 0 Å². The van der Waals surface area contributed by atoms with Gasteiger partial charge in [-0.3, -0.25) is 0 Å². The van der Waals surface area contributed by atoms with Crippen molar-refractivity contribution in [2.24, 2.45) is 0 Å². The van der Waals surface area contributed by atoms with Crippen LogP contribution < -0.4 is 0 Å². The topological polar surface area (TPSA) is 18.5 Å². The largest absolute Gasteiger partial charge is 0.346 e. The van der Waals surface area contributed by atoms with Gasteiger partial charge in [-0.1, -0.05) is 15.9 Å². The smallest absolute Gasteiger partial charge is 0.184 e. The highest BCUT2D eigenvalue weighted by atomic mass is 79.9. The summed E-state index contributed by atoms with van der Waals surface area (Å²) in [6.45, 7) is 5.53. The van der Waals surface area contributed by atoms with Gasteiger partial charge in [-0.2, -0.15) is 0 Å². The van der Waals surface area contributed by atoms with Gasteiger partial charge in [0.1, 0.15) is 0 Å². The van der Waals surface area contributed by atoms with Crippen LogP contribution in [0.5, 0.6) is 0 Å². The van der Waals surface area contributed by atoms with Crippen molar-refractivity contribution in [2.45, 2.75) is 20.1 Å². The molecule has 1 aliphatic heterocycles. The zero-order valence-electron chi connectivity index (χ0n) is 8.34. The summed E-state index contributed by atoms with van der Waals surface area (Å²) in [5.41, 5.74) is 3.56. The van der Waals surface area contributed by atoms with Gasteiger partial charge in [0.15, 0.2) is 6.29 Å². The van der Waals surface area contributed by atoms with Crippen LogP contribution in [0.15, 0.2) is 16.6 Å². The van der Waals surface area contributed by atoms with E-state index in [9.17, 15) is 0 Å². The van der Waals surface area contributed by atoms with Gasteiger partial charge in [0, 0.05) is 10.0 Å². The molecule has 0 radical (unpaired) electrons. The maximum atomic E-state index is 5.48. The molecule has 3 heteroatoms. The molecule has 0 N–H and O–H groups in total. The van der Waals surface area contributed by atoms with E-state index in [0.29, 0.717) is 13.2 Å². The van der Waals surface area contributed by atoms with Gasteiger partial charge in [-0.25, -0.2) is 0 Å². The minimum Gasteiger partial charge on any atom is -0.346 e. The molecule has 0 spiro atoms. The monoisotopic (exact) mass is 256 g/mol. The Kier molecular flexibility index (Phi) is 2.91. The number of hydrogen-bond donors (Lipinski definition) is 0. The second kappa shape index (κ2) is 4.01. The molecule has 0 atom stereocenters. The molecule has 2 rings (SSSR count). The molecule has 0 bridgehead atoms. The molecule has 2 nitrogen and oxygen atoms in total. The van der Waals surface area contributed by atoms with Crippen LogP contribution in [-0.4, -0.2) is 13.2 Å². The Morgan fingerprint density at radius 1 is 1.14 bits per heavy atom. The molecule has 0 saturated carbocycles. The molecule has 1 aromatic carbocycles. The van der Waals surface area contributed by atoms with Gasteiger partial charge < -0.3 is 9.47 Å². The van der Waals surface area contributed by atoms with Gasteiger partial charge in [-0.15, -0.1) is 0 Å². The average molecular weight is 257 g/mol. The summed E-state index contributed by atoms with van der Waals surface area (Å²) in [6, 6.07) is 4.23. The van der Waals surface area contributed by atoms with Crippen LogP contribution in [0.2, 0.25) is 0 Å². The summed E-state index contributed by atoms with van der Waals surface area (Å²) in [4.78, 5) is 0. The standard InChI is InChI=1S/C11H13BrO2/c1-7-6-10(12)8(2)5-9(7)11-13-3-4-14-11/h5-6,11H,3-4H2,1-2H3. The number of hydrogen-bond acceptors (Lipinski definition) is 2. The van der Waals surface area contributed by atoms with Crippen molar-refractivity contribution >= 4 is 15.9 Å². The Bertz CT molecular complexity index is 343. The van der Waals surface area contributed by atoms with Crippen LogP contribution in [0.25, 0.3) is 0 Å². The van der Waals surface area contributed by atoms with Crippen LogP contribution in [-0.2, 0) is 9.47 Å². The Hall–Kier alpha value is -0.380. The number of ether oxygens (including phenoxy) is 2. The fourth-order valence-electron chi connectivity index (χ4n) is 1.60. The van der Waals surface area contributed by atoms with Crippen molar-refractivity contribution in [3.05, 3.63) is 33.3 Å². The van der Waals surface area contributed by atoms with Gasteiger partial charge in [0.2, 0.25) is 0 Å². The van der Waals surface area contributed by atoms with Gasteiger partial charge >= 0.3 is 0 Å². The number of halogens is 1. The summed E-state index contributed by atoms with van der Waals surface area (Å²) in [5, 5.41) is 0. The van der Waals surface area contributed by atoms with E-state index in [1.807, 2.05) is 0 Å². The predicted molar refractivity (Wildman–Crippen MR) is 58.3 cm³/mol. The van der Waals surface area contributed by atoms with E-state index in [2.05, 4.69) is 41.9 Å². The molecule has 0 aliphatic carbocycles. The van der Waals surface area contributed by atoms with Crippen LogP contribution in [0.3, 0.4) is 0 Å². The van der Waals surface area contributed by atoms with E-state index in [1.165, 1.54) is 11.1 Å². The molecular weight excluding hydrogens is 244 g/mol. The van der Waals surface area contributed by atoms with Crippen LogP contribution in [0.4, 0.5) is 0 Å². The van der Waals surface area contributed by atoms with Crippen molar-refractivity contribution in [2.75, 3.05) is 13.2 Å². The summed E-state index contributed by atoms with van der Waals surface area (Å²) in [6.07, 6.45) is -0.165. The molecule has 14 heavy (non-hydrogen) atoms. The number of rotatable bonds is 1. The van der Waals surface area contributed by atoms with Crippen LogP contribution in [0, 0.1) is 13.8 Å². The van der Waals surface area contributed by atoms with E-state index in [-0.39, 0.29) is 6.29 Å². The van der Waals surface area contributed by atoms with E-state index in [1.54, 1.807) is 0 Å². The third-order valence-electron chi connectivity index (χ3n) is 2.42. The summed E-state index contributed by atoms with van der Waals surface area (Å²) < 4.78 is 12.1. The quantitative estimate of drug-likeness (QED) is 0.769. The molecule has 1 aromatic rings. The molecule has 1 heterocycles. The normalized spacial score (nSPS) is 17.6. The SMILES string of the molecule is Cc1cc(C2OCCO2)c(C)cc1Br. The second-order valence-corrected chi connectivity index (χ2v) is 4.39. The molecule has 76 valence electrons. The first-order chi connectivity index (χ1) is 6.68. The lowest BCUT2D eigenvalue weighted by Gasteiger charge is -2.14. The van der Waals surface area contributed by atoms with Crippen molar-refractivity contribution in [1.29, 1.82) is 0 Å². The average Bonchev–Trinajstić information content (AvgIpc) is 2.64. The van der Waals surface area contributed by atoms with Crippen molar-refractivity contribution in [3.8, 4) is 0 Å². The predicted octanol–water partition coefficient (Wildman–Crippen LogP) is 3.11. The van der Waals surface area contributed by atoms with Crippen LogP contribution >= 0.6 is 15.9 Å². The van der Waals surface area contributed by atoms with E-state index >= 15 is 0 Å². The fraction of sp³-hybridized carbons (Fsp3) is 0.455. The number of benzene rings is 1. The lowest BCUT2D eigenvalue weighted by atomic mass is 10.1. The van der Waals surface area contributed by atoms with Gasteiger partial charge in [0.25, 0.3) is 0 Å². The van der Waals surface area contributed by atoms with E-state index < -0.39 is 0 Å². The van der Waals surface area contributed by atoms with Crippen LogP contribution in [0.1, 0.15) is 23.0 Å². The highest BCUT2D eigenvalue weighted by molar-refractivity contribution is 9.10. The maximum Gasteiger partial charge on any atom is 0.184 e. The van der Waals surface area contributed by atoms with Crippen molar-refractivity contribution < 1.29 is 9.47 Å². The lowest BCUT2D eigenvalue weighted by Crippen LogP contribution is -2.01. The Labute approximate surface area is 92.3 Å². The van der Waals surface area contributed by atoms with Crippen molar-refractivity contribution in [1.82, 2.24) is 0 Å². The first-order valence-electron chi connectivity index (χ1n) is 4.68. The van der Waals surface area contributed by atoms with E-state index in [4.69, 9.17) is 9.47 Å². The molecule has 1 aliphatic rings. The Morgan fingerprint density at radius 3 is 2.43 bits per heavy atom. The molecule has 1 fully saturated rings. The lowest BCUT2D eigenvalue weighted by molar-refractivity contribution is -0.0445. The fourth-order valence-corrected chi connectivity index (χ4v) is 2.05. The molecule has 0 aromatic heterocycles. The van der Waals surface area contributed by atoms with Gasteiger partial charge in [-0.05, 0) is 37.1 Å². The highest BCUT2D eigenvalue weighted by Crippen LogP contribution is 2.29. The summed E-state index contributed by atoms with van der Waals surface area (Å²) in [7, 11) is 0. The number of aryl methyl sites for hydroxylation is 2. The zero-order chi connectivity index (χ0) is 10.1. The first kappa shape index (κ1) is 10.1. The minimum atomic E-state index is -0.165. The summed E-state index contributed by atoms with van der Waals surface area (Å²) >= 11 is 3.51. The zero-order valence-corrected chi connectivity index (χ0v) is 9.93. The second-order valence-electron chi connectivity index (χ2n) is 3.53. The minimum absolute atomic E-state index is 0.165. The maximum absolute atomic E-state index is 5.48. The third-order valence-corrected chi connectivity index (χ3v) is 3.28. The molecule has 0 unspecified atom stereocenters. The van der Waals surface area contributed by atoms with E-state index in [0.717, 1.165) is 10.0 Å². The summed E-state index contributed by atoms with van der Waals surface area (Å²) in [5.74, 6) is 0. The Balaban J connectivity index is 2.37. The Morgan fingerprint density at radius 2 is 1.79 bits per heavy atom. The van der Waals surface area contributed by atoms with Gasteiger partial charge in [0.05, 0.1) is 13.2 Å². The third kappa shape index (κ3) is 1.85. The highest BCUT2D eigenvalue weighted by Gasteiger charge is 2.20.